The smallest absolute Gasteiger partial charge is 0.313 e. The number of nitrogens with one attached hydrogen (secondary N) is 2. The van der Waals surface area contributed by atoms with E-state index in [1.165, 1.54) is 12.5 Å². The number of aliphatic hydroxyl groups is 7. The zero-order chi connectivity index (χ0) is 51.4. The number of fused-ring (bicyclic) bond motifs is 8. The Morgan fingerprint density at radius 1 is 1.03 bits per heavy atom. The number of cyclic esters (lactones) is 1. The van der Waals surface area contributed by atoms with Gasteiger partial charge in [-0.3, -0.25) is 19.4 Å². The third kappa shape index (κ3) is 8.05. The number of ketones is 2. The molecule has 72 heavy (non-hydrogen) atoms. The van der Waals surface area contributed by atoms with E-state index in [0.29, 0.717) is 17.9 Å². The van der Waals surface area contributed by atoms with Crippen molar-refractivity contribution in [2.45, 2.75) is 140 Å². The highest BCUT2D eigenvalue weighted by Gasteiger charge is 2.74. The molecule has 1 saturated heterocycles. The maximum atomic E-state index is 15.1. The highest BCUT2D eigenvalue weighted by molar-refractivity contribution is 6.00. The summed E-state index contributed by atoms with van der Waals surface area (Å²) in [4.78, 5) is 49.2. The highest BCUT2D eigenvalue weighted by Crippen LogP contribution is 2.72. The molecule has 0 amide bonds. The quantitative estimate of drug-likeness (QED) is 0.0424. The van der Waals surface area contributed by atoms with Gasteiger partial charge in [-0.05, 0) is 148 Å². The summed E-state index contributed by atoms with van der Waals surface area (Å²) >= 11 is 0. The van der Waals surface area contributed by atoms with Crippen LogP contribution in [0.4, 0.5) is 0 Å². The summed E-state index contributed by atoms with van der Waals surface area (Å²) in [6.45, 7) is 7.11. The molecule has 392 valence electrons. The number of aromatic nitrogens is 1. The molecule has 1 aromatic heterocycles. The van der Waals surface area contributed by atoms with E-state index in [4.69, 9.17) is 16.2 Å². The molecule has 9 aliphatic rings. The van der Waals surface area contributed by atoms with E-state index in [1.54, 1.807) is 13.1 Å². The van der Waals surface area contributed by atoms with Gasteiger partial charge in [0, 0.05) is 60.4 Å². The Morgan fingerprint density at radius 2 is 1.81 bits per heavy atom. The third-order valence-corrected chi connectivity index (χ3v) is 20.6. The van der Waals surface area contributed by atoms with Gasteiger partial charge in [-0.1, -0.05) is 43.6 Å². The lowest BCUT2D eigenvalue weighted by Gasteiger charge is -2.62. The number of allylic oxidation sites excluding steroid dienone is 5. The number of aromatic amines is 1. The van der Waals surface area contributed by atoms with Crippen LogP contribution in [0.2, 0.25) is 0 Å². The molecule has 8 aliphatic carbocycles. The standard InChI is InChI=1S/C56H77N5O11/c1-27-8-9-29-19-30-10-11-34-33(37-26-72-51(69)44(37)32-13-16-59-25-32)7-5-6-31-22-56(71)46-38(53(3)23-41(64)40(63)21-39(53)48(66)47(46)61-24-28(2)62)12-14-55(56,15-17-60-52(57)58)49(31)54(4,70)42(65)20-36(50(67)68)43(30)45(34)35(29)18-27/h10-11,13,16,19,25,27,30-31,33-45,49-50,59,61,63-65,67-68,70-71H,6,8-9,12,14-15,17-18,20-24,26H2,1-4H3,(H4,57,58,60). The number of hydrogen-bond donors (Lipinski definition) is 11. The van der Waals surface area contributed by atoms with Crippen LogP contribution in [0.25, 0.3) is 0 Å². The van der Waals surface area contributed by atoms with Gasteiger partial charge >= 0.3 is 5.97 Å². The number of nitrogens with zero attached hydrogens (tertiary/aromatic N) is 1. The van der Waals surface area contributed by atoms with Gasteiger partial charge in [0.2, 0.25) is 0 Å². The van der Waals surface area contributed by atoms with Crippen LogP contribution in [0, 0.1) is 99.6 Å². The number of carbonyl (C=O) groups excluding carboxylic acids is 3. The van der Waals surface area contributed by atoms with E-state index in [0.717, 1.165) is 24.8 Å². The van der Waals surface area contributed by atoms with Crippen LogP contribution in [0.5, 0.6) is 0 Å². The Bertz CT molecular complexity index is 2490. The van der Waals surface area contributed by atoms with Crippen LogP contribution in [-0.4, -0.2) is 120 Å². The summed E-state index contributed by atoms with van der Waals surface area (Å²) in [5.74, 6) is 0.440. The number of aliphatic hydroxyl groups excluding tert-OH is 4. The van der Waals surface area contributed by atoms with Crippen LogP contribution in [0.15, 0.2) is 58.5 Å². The largest absolute Gasteiger partial charge is 0.465 e. The maximum Gasteiger partial charge on any atom is 0.313 e. The number of esters is 1. The van der Waals surface area contributed by atoms with Crippen LogP contribution in [0.3, 0.4) is 0 Å². The molecule has 21 atom stereocenters. The summed E-state index contributed by atoms with van der Waals surface area (Å²) < 4.78 is 5.94. The molecule has 0 radical (unpaired) electrons. The summed E-state index contributed by atoms with van der Waals surface area (Å²) in [6.07, 6.45) is 8.18. The zero-order valence-electron chi connectivity index (χ0n) is 42.1. The van der Waals surface area contributed by atoms with Crippen molar-refractivity contribution in [3.05, 3.63) is 59.1 Å². The van der Waals surface area contributed by atoms with Gasteiger partial charge in [-0.2, -0.15) is 0 Å². The van der Waals surface area contributed by atoms with E-state index >= 15 is 4.79 Å². The lowest BCUT2D eigenvalue weighted by molar-refractivity contribution is -0.199. The van der Waals surface area contributed by atoms with Crippen molar-refractivity contribution >= 4 is 23.5 Å². The van der Waals surface area contributed by atoms with Crippen molar-refractivity contribution < 1.29 is 54.9 Å². The number of hydrogen-bond acceptors (Lipinski definition) is 13. The highest BCUT2D eigenvalue weighted by atomic mass is 16.5. The van der Waals surface area contributed by atoms with Crippen LogP contribution >= 0.6 is 0 Å². The first-order valence-corrected chi connectivity index (χ1v) is 26.7. The molecule has 1 aromatic rings. The van der Waals surface area contributed by atoms with Crippen LogP contribution in [-0.2, 0) is 19.1 Å². The number of aliphatic imine (C=N–C) groups is 1. The van der Waals surface area contributed by atoms with Gasteiger partial charge in [0.1, 0.15) is 5.78 Å². The van der Waals surface area contributed by atoms with E-state index in [2.05, 4.69) is 52.3 Å². The predicted octanol–water partition coefficient (Wildman–Crippen LogP) is 2.71. The molecule has 16 nitrogen and oxygen atoms in total. The number of Topliss-reactive ketones (excluding diaryl/α,β-unsaturated/α-hetero) is 2. The Balaban J connectivity index is 1.18. The molecular weight excluding hydrogens is 919 g/mol. The maximum absolute atomic E-state index is 15.1. The minimum absolute atomic E-state index is 0.00127. The van der Waals surface area contributed by atoms with E-state index in [-0.39, 0.29) is 123 Å². The molecule has 1 aliphatic heterocycles. The SMILES string of the molecule is CC(=O)CNC1=C2C(CCC3(CCN=C(N)N)C4C(CC#CC(C5COC(=O)C5c5cc[nH]c5)C5C=CC6C=C7CCC(C)CC7C5C6C(C(O)O)CC(O)C4(C)O)CC23O)C2(C)CC(O)C(O)CC2C1=O. The lowest BCUT2D eigenvalue weighted by Crippen LogP contribution is -2.65. The van der Waals surface area contributed by atoms with E-state index < -0.39 is 94.0 Å². The molecular formula is C56H77N5O11. The minimum atomic E-state index is -2.03. The third-order valence-electron chi connectivity index (χ3n) is 20.6. The van der Waals surface area contributed by atoms with Gasteiger partial charge in [-0.25, -0.2) is 0 Å². The predicted molar refractivity (Wildman–Crippen MR) is 265 cm³/mol. The molecule has 2 heterocycles. The first-order chi connectivity index (χ1) is 34.1. The molecule has 21 unspecified atom stereocenters. The Kier molecular flexibility index (Phi) is 13.4. The topological polar surface area (TPSA) is 294 Å². The monoisotopic (exact) mass is 996 g/mol. The van der Waals surface area contributed by atoms with Crippen molar-refractivity contribution in [2.24, 2.45) is 104 Å². The second-order valence-corrected chi connectivity index (χ2v) is 24.4. The van der Waals surface area contributed by atoms with Crippen LogP contribution < -0.4 is 16.8 Å². The first kappa shape index (κ1) is 51.2. The molecule has 4 bridgehead atoms. The van der Waals surface area contributed by atoms with Gasteiger partial charge < -0.3 is 62.3 Å². The Labute approximate surface area is 422 Å². The number of ether oxygens (including phenoxy) is 1. The van der Waals surface area contributed by atoms with E-state index in [9.17, 15) is 45.3 Å². The second kappa shape index (κ2) is 18.8. The number of nitrogens with two attached hydrogens (primary N) is 2. The van der Waals surface area contributed by atoms with Crippen molar-refractivity contribution in [3.63, 3.8) is 0 Å². The number of H-pyrrole nitrogens is 1. The average molecular weight is 996 g/mol. The van der Waals surface area contributed by atoms with Gasteiger partial charge in [0.15, 0.2) is 18.0 Å². The normalized spacial score (nSPS) is 46.3. The summed E-state index contributed by atoms with van der Waals surface area (Å²) in [6, 6.07) is 1.89. The fourth-order valence-corrected chi connectivity index (χ4v) is 17.6. The zero-order valence-corrected chi connectivity index (χ0v) is 42.1. The van der Waals surface area contributed by atoms with Crippen LogP contribution in [0.1, 0.15) is 110 Å². The van der Waals surface area contributed by atoms with Gasteiger partial charge in [-0.15, -0.1) is 5.92 Å². The molecule has 0 aromatic carbocycles. The summed E-state index contributed by atoms with van der Waals surface area (Å²) in [7, 11) is 0. The number of guanidine groups is 1. The van der Waals surface area contributed by atoms with Crippen molar-refractivity contribution in [2.75, 3.05) is 19.7 Å². The minimum Gasteiger partial charge on any atom is -0.465 e. The summed E-state index contributed by atoms with van der Waals surface area (Å²) in [5, 5.41) is 89.7. The fraction of sp³-hybridized carbons (Fsp3) is 0.714. The lowest BCUT2D eigenvalue weighted by atomic mass is 9.44. The number of carbonyl (C=O) groups is 3. The molecule has 13 N–H and O–H groups in total. The second-order valence-electron chi connectivity index (χ2n) is 24.4. The van der Waals surface area contributed by atoms with Gasteiger partial charge in [0.25, 0.3) is 0 Å². The van der Waals surface area contributed by atoms with Gasteiger partial charge in [0.05, 0.1) is 54.3 Å². The van der Waals surface area contributed by atoms with Crippen molar-refractivity contribution in [1.82, 2.24) is 10.3 Å². The van der Waals surface area contributed by atoms with Crippen molar-refractivity contribution in [1.29, 1.82) is 0 Å². The fourth-order valence-electron chi connectivity index (χ4n) is 17.6. The summed E-state index contributed by atoms with van der Waals surface area (Å²) in [5.41, 5.74) is 8.33. The Hall–Kier alpha value is -4.34. The van der Waals surface area contributed by atoms with Crippen molar-refractivity contribution in [3.8, 4) is 11.8 Å². The molecule has 10 rings (SSSR count). The number of rotatable bonds is 9. The molecule has 5 fully saturated rings. The first-order valence-electron chi connectivity index (χ1n) is 26.7. The Morgan fingerprint density at radius 3 is 2.51 bits per heavy atom. The molecule has 0 spiro atoms. The molecule has 16 heteroatoms. The average Bonchev–Trinajstić information content (AvgIpc) is 4.04. The van der Waals surface area contributed by atoms with E-state index in [1.807, 2.05) is 19.2 Å². The molecule has 4 saturated carbocycles.